The van der Waals surface area contributed by atoms with Gasteiger partial charge in [-0.2, -0.15) is 0 Å². The molecule has 0 saturated heterocycles. The number of amides is 1. The third-order valence-electron chi connectivity index (χ3n) is 3.82. The van der Waals surface area contributed by atoms with Gasteiger partial charge in [0.2, 0.25) is 0 Å². The minimum absolute atomic E-state index is 0.00107. The van der Waals surface area contributed by atoms with E-state index in [2.05, 4.69) is 0 Å². The molecule has 144 valence electrons. The Bertz CT molecular complexity index is 863. The number of hydrogen-bond acceptors (Lipinski definition) is 6. The quantitative estimate of drug-likeness (QED) is 0.576. The summed E-state index contributed by atoms with van der Waals surface area (Å²) < 4.78 is 16.4. The number of nitrogens with two attached hydrogens (primary N) is 1. The number of benzene rings is 2. The fourth-order valence-corrected chi connectivity index (χ4v) is 2.69. The van der Waals surface area contributed by atoms with Gasteiger partial charge in [0, 0.05) is 18.6 Å². The number of methoxy groups -OCH3 is 1. The first kappa shape index (κ1) is 20.0. The summed E-state index contributed by atoms with van der Waals surface area (Å²) in [6, 6.07) is 9.71. The summed E-state index contributed by atoms with van der Waals surface area (Å²) in [4.78, 5) is 21.4. The molecule has 0 spiro atoms. The Labute approximate surface area is 157 Å². The van der Waals surface area contributed by atoms with Crippen molar-refractivity contribution < 1.29 is 23.9 Å². The first-order valence-corrected chi connectivity index (χ1v) is 8.19. The van der Waals surface area contributed by atoms with Crippen LogP contribution in [0.2, 0.25) is 0 Å². The summed E-state index contributed by atoms with van der Waals surface area (Å²) in [5.74, 6) is 1.44. The average Bonchev–Trinajstić information content (AvgIpc) is 2.56. The number of aryl methyl sites for hydroxylation is 1. The molecule has 0 bridgehead atoms. The molecule has 1 amide bonds. The zero-order valence-electron chi connectivity index (χ0n) is 15.6. The molecule has 8 nitrogen and oxygen atoms in total. The number of carbonyl (C=O) groups is 1. The van der Waals surface area contributed by atoms with Crippen molar-refractivity contribution in [1.82, 2.24) is 0 Å². The Morgan fingerprint density at radius 3 is 2.37 bits per heavy atom. The van der Waals surface area contributed by atoms with Crippen LogP contribution in [0.15, 0.2) is 36.4 Å². The predicted molar refractivity (Wildman–Crippen MR) is 99.4 cm³/mol. The van der Waals surface area contributed by atoms with Crippen molar-refractivity contribution in [3.8, 4) is 17.2 Å². The van der Waals surface area contributed by atoms with Gasteiger partial charge in [0.1, 0.15) is 11.4 Å². The SMILES string of the molecule is COc1cc(CC(C)(C)OC(N)=O)ccc1Oc1ccc([N+](=O)[O-])cc1C. The molecule has 0 heterocycles. The Hall–Kier alpha value is -3.29. The van der Waals surface area contributed by atoms with Crippen LogP contribution in [0, 0.1) is 17.0 Å². The first-order chi connectivity index (χ1) is 12.6. The van der Waals surface area contributed by atoms with Gasteiger partial charge in [0.25, 0.3) is 5.69 Å². The van der Waals surface area contributed by atoms with Gasteiger partial charge in [-0.15, -0.1) is 0 Å². The molecule has 0 atom stereocenters. The highest BCUT2D eigenvalue weighted by molar-refractivity contribution is 5.65. The van der Waals surface area contributed by atoms with E-state index >= 15 is 0 Å². The van der Waals surface area contributed by atoms with E-state index in [4.69, 9.17) is 19.9 Å². The number of nitro benzene ring substituents is 1. The van der Waals surface area contributed by atoms with Crippen LogP contribution in [-0.4, -0.2) is 23.7 Å². The van der Waals surface area contributed by atoms with Crippen LogP contribution in [0.4, 0.5) is 10.5 Å². The molecule has 0 radical (unpaired) electrons. The van der Waals surface area contributed by atoms with Gasteiger partial charge in [-0.25, -0.2) is 4.79 Å². The van der Waals surface area contributed by atoms with Crippen LogP contribution in [0.25, 0.3) is 0 Å². The van der Waals surface area contributed by atoms with Crippen molar-refractivity contribution in [2.24, 2.45) is 5.73 Å². The topological polar surface area (TPSA) is 114 Å². The number of hydrogen-bond donors (Lipinski definition) is 1. The van der Waals surface area contributed by atoms with E-state index in [1.54, 1.807) is 39.0 Å². The molecule has 0 aliphatic carbocycles. The third kappa shape index (κ3) is 5.34. The van der Waals surface area contributed by atoms with Crippen LogP contribution < -0.4 is 15.2 Å². The number of primary amides is 1. The number of nitro groups is 1. The van der Waals surface area contributed by atoms with Gasteiger partial charge in [0.05, 0.1) is 12.0 Å². The summed E-state index contributed by atoms with van der Waals surface area (Å²) in [5, 5.41) is 10.8. The van der Waals surface area contributed by atoms with Crippen molar-refractivity contribution in [3.63, 3.8) is 0 Å². The lowest BCUT2D eigenvalue weighted by Crippen LogP contribution is -2.33. The van der Waals surface area contributed by atoms with E-state index in [9.17, 15) is 14.9 Å². The predicted octanol–water partition coefficient (Wildman–Crippen LogP) is 4.12. The number of nitrogens with zero attached hydrogens (tertiary/aromatic N) is 1. The average molecular weight is 374 g/mol. The fourth-order valence-electron chi connectivity index (χ4n) is 2.69. The second-order valence-electron chi connectivity index (χ2n) is 6.65. The highest BCUT2D eigenvalue weighted by Crippen LogP contribution is 2.35. The van der Waals surface area contributed by atoms with Gasteiger partial charge in [-0.1, -0.05) is 6.07 Å². The molecule has 2 rings (SSSR count). The maximum Gasteiger partial charge on any atom is 0.405 e. The van der Waals surface area contributed by atoms with Crippen LogP contribution in [0.1, 0.15) is 25.0 Å². The molecule has 2 N–H and O–H groups in total. The highest BCUT2D eigenvalue weighted by Gasteiger charge is 2.23. The molecule has 0 saturated carbocycles. The summed E-state index contributed by atoms with van der Waals surface area (Å²) >= 11 is 0. The summed E-state index contributed by atoms with van der Waals surface area (Å²) in [5.41, 5.74) is 5.82. The zero-order valence-corrected chi connectivity index (χ0v) is 15.6. The minimum atomic E-state index is -0.833. The van der Waals surface area contributed by atoms with E-state index in [0.29, 0.717) is 29.2 Å². The molecule has 0 aliphatic rings. The van der Waals surface area contributed by atoms with Gasteiger partial charge in [-0.3, -0.25) is 10.1 Å². The maximum absolute atomic E-state index is 11.0. The van der Waals surface area contributed by atoms with Crippen molar-refractivity contribution >= 4 is 11.8 Å². The molecular weight excluding hydrogens is 352 g/mol. The van der Waals surface area contributed by atoms with Crippen LogP contribution >= 0.6 is 0 Å². The third-order valence-corrected chi connectivity index (χ3v) is 3.82. The van der Waals surface area contributed by atoms with Crippen molar-refractivity contribution in [1.29, 1.82) is 0 Å². The molecule has 2 aromatic carbocycles. The van der Waals surface area contributed by atoms with Gasteiger partial charge < -0.3 is 19.9 Å². The first-order valence-electron chi connectivity index (χ1n) is 8.19. The van der Waals surface area contributed by atoms with Gasteiger partial charge in [0.15, 0.2) is 11.5 Å². The van der Waals surface area contributed by atoms with E-state index < -0.39 is 16.6 Å². The second-order valence-corrected chi connectivity index (χ2v) is 6.65. The van der Waals surface area contributed by atoms with E-state index in [1.807, 2.05) is 6.07 Å². The van der Waals surface area contributed by atoms with E-state index in [-0.39, 0.29) is 5.69 Å². The monoisotopic (exact) mass is 374 g/mol. The Morgan fingerprint density at radius 2 is 1.81 bits per heavy atom. The molecule has 0 aliphatic heterocycles. The Morgan fingerprint density at radius 1 is 1.15 bits per heavy atom. The maximum atomic E-state index is 11.0. The lowest BCUT2D eigenvalue weighted by atomic mass is 9.98. The van der Waals surface area contributed by atoms with Crippen LogP contribution in [-0.2, 0) is 11.2 Å². The van der Waals surface area contributed by atoms with Gasteiger partial charge >= 0.3 is 6.09 Å². The number of rotatable bonds is 7. The number of non-ortho nitro benzene ring substituents is 1. The molecule has 8 heteroatoms. The van der Waals surface area contributed by atoms with Crippen molar-refractivity contribution in [2.45, 2.75) is 32.8 Å². The molecule has 0 fully saturated rings. The highest BCUT2D eigenvalue weighted by atomic mass is 16.6. The largest absolute Gasteiger partial charge is 0.493 e. The lowest BCUT2D eigenvalue weighted by molar-refractivity contribution is -0.384. The number of ether oxygens (including phenoxy) is 3. The minimum Gasteiger partial charge on any atom is -0.493 e. The smallest absolute Gasteiger partial charge is 0.405 e. The Balaban J connectivity index is 2.24. The standard InChI is InChI=1S/C19H22N2O6/c1-12-9-14(21(23)24)6-8-15(12)26-16-7-5-13(10-17(16)25-4)11-19(2,3)27-18(20)22/h5-10H,11H2,1-4H3,(H2,20,22). The van der Waals surface area contributed by atoms with Gasteiger partial charge in [-0.05, 0) is 50.1 Å². The summed E-state index contributed by atoms with van der Waals surface area (Å²) in [6.07, 6.45) is -0.399. The van der Waals surface area contributed by atoms with Crippen LogP contribution in [0.3, 0.4) is 0 Å². The second kappa shape index (κ2) is 7.94. The molecular formula is C19H22N2O6. The summed E-state index contributed by atoms with van der Waals surface area (Å²) in [7, 11) is 1.51. The lowest BCUT2D eigenvalue weighted by Gasteiger charge is -2.24. The normalized spacial score (nSPS) is 11.0. The molecule has 2 aromatic rings. The Kier molecular flexibility index (Phi) is 5.89. The number of carbonyl (C=O) groups excluding carboxylic acids is 1. The molecule has 0 unspecified atom stereocenters. The zero-order chi connectivity index (χ0) is 20.2. The van der Waals surface area contributed by atoms with E-state index in [0.717, 1.165) is 5.56 Å². The van der Waals surface area contributed by atoms with Crippen molar-refractivity contribution in [2.75, 3.05) is 7.11 Å². The fraction of sp³-hybridized carbons (Fsp3) is 0.316. The van der Waals surface area contributed by atoms with Crippen LogP contribution in [0.5, 0.6) is 17.2 Å². The molecule has 0 aromatic heterocycles. The molecule has 27 heavy (non-hydrogen) atoms. The summed E-state index contributed by atoms with van der Waals surface area (Å²) in [6.45, 7) is 5.25. The van der Waals surface area contributed by atoms with Crippen molar-refractivity contribution in [3.05, 3.63) is 57.6 Å². The van der Waals surface area contributed by atoms with E-state index in [1.165, 1.54) is 19.2 Å².